The van der Waals surface area contributed by atoms with Crippen molar-refractivity contribution in [1.29, 1.82) is 0 Å². The summed E-state index contributed by atoms with van der Waals surface area (Å²) in [6.45, 7) is 10.1. The first kappa shape index (κ1) is 23.4. The van der Waals surface area contributed by atoms with E-state index in [4.69, 9.17) is 0 Å². The Balaban J connectivity index is 1.51. The molecule has 0 radical (unpaired) electrons. The lowest BCUT2D eigenvalue weighted by Gasteiger charge is -2.37. The summed E-state index contributed by atoms with van der Waals surface area (Å²) in [5, 5.41) is 13.8. The van der Waals surface area contributed by atoms with E-state index in [0.717, 1.165) is 54.6 Å². The van der Waals surface area contributed by atoms with Crippen molar-refractivity contribution in [3.05, 3.63) is 87.5 Å². The van der Waals surface area contributed by atoms with E-state index in [-0.39, 0.29) is 17.1 Å². The monoisotopic (exact) mass is 470 g/mol. The molecule has 1 N–H and O–H groups in total. The first-order valence-corrected chi connectivity index (χ1v) is 12.5. The van der Waals surface area contributed by atoms with Gasteiger partial charge in [-0.1, -0.05) is 42.0 Å². The minimum Gasteiger partial charge on any atom is -0.322 e. The van der Waals surface area contributed by atoms with Crippen molar-refractivity contribution in [3.63, 3.8) is 0 Å². The molecule has 0 amide bonds. The van der Waals surface area contributed by atoms with Gasteiger partial charge in [-0.05, 0) is 106 Å². The molecule has 0 bridgehead atoms. The minimum atomic E-state index is -0.310. The number of pyridine rings is 1. The number of hydrogen-bond donors (Lipinski definition) is 1. The van der Waals surface area contributed by atoms with Crippen molar-refractivity contribution in [2.75, 3.05) is 13.1 Å². The van der Waals surface area contributed by atoms with Crippen LogP contribution in [0, 0.1) is 12.8 Å². The molecule has 0 aliphatic carbocycles. The van der Waals surface area contributed by atoms with Crippen LogP contribution in [0.2, 0.25) is 0 Å². The summed E-state index contributed by atoms with van der Waals surface area (Å²) < 4.78 is 1.87. The van der Waals surface area contributed by atoms with Gasteiger partial charge in [0.1, 0.15) is 6.04 Å². The van der Waals surface area contributed by atoms with E-state index in [0.29, 0.717) is 11.5 Å². The fraction of sp³-hybridized carbons (Fsp3) is 0.429. The molecule has 1 atom stereocenters. The Labute approximate surface area is 206 Å². The van der Waals surface area contributed by atoms with Gasteiger partial charge in [-0.3, -0.25) is 9.69 Å². The van der Waals surface area contributed by atoms with Gasteiger partial charge in [0.05, 0.1) is 5.54 Å². The molecule has 1 saturated heterocycles. The minimum absolute atomic E-state index is 0.0822. The second kappa shape index (κ2) is 9.38. The number of nitrogens with one attached hydrogen (secondary N) is 1. The molecular formula is C28H34N6O. The molecule has 0 saturated carbocycles. The SMILES string of the molecule is Cc1ccc2[nH]c(=O)c([C@@H](c3nnnn3C(C)(C)C)N3CCC(Cc4ccccc4)CC3)cc2c1. The van der Waals surface area contributed by atoms with Crippen LogP contribution >= 0.6 is 0 Å². The predicted octanol–water partition coefficient (Wildman–Crippen LogP) is 4.62. The lowest BCUT2D eigenvalue weighted by atomic mass is 9.88. The number of nitrogens with zero attached hydrogens (tertiary/aromatic N) is 5. The zero-order valence-corrected chi connectivity index (χ0v) is 21.0. The van der Waals surface area contributed by atoms with Gasteiger partial charge < -0.3 is 4.98 Å². The van der Waals surface area contributed by atoms with E-state index in [1.165, 1.54) is 5.56 Å². The number of benzene rings is 2. The summed E-state index contributed by atoms with van der Waals surface area (Å²) in [6, 6.07) is 18.5. The second-order valence-corrected chi connectivity index (χ2v) is 10.8. The number of aryl methyl sites for hydroxylation is 1. The Bertz CT molecular complexity index is 1360. The van der Waals surface area contributed by atoms with Crippen molar-refractivity contribution in [2.45, 2.75) is 58.5 Å². The lowest BCUT2D eigenvalue weighted by molar-refractivity contribution is 0.138. The quantitative estimate of drug-likeness (QED) is 0.460. The van der Waals surface area contributed by atoms with Gasteiger partial charge in [0, 0.05) is 11.1 Å². The fourth-order valence-electron chi connectivity index (χ4n) is 5.25. The van der Waals surface area contributed by atoms with Crippen LogP contribution in [0.5, 0.6) is 0 Å². The normalized spacial score (nSPS) is 16.6. The van der Waals surface area contributed by atoms with Crippen LogP contribution in [0.25, 0.3) is 10.9 Å². The van der Waals surface area contributed by atoms with Gasteiger partial charge in [0.25, 0.3) is 5.56 Å². The van der Waals surface area contributed by atoms with Gasteiger partial charge in [0.15, 0.2) is 5.82 Å². The van der Waals surface area contributed by atoms with Crippen LogP contribution in [-0.2, 0) is 12.0 Å². The number of piperidine rings is 1. The van der Waals surface area contributed by atoms with Crippen molar-refractivity contribution in [1.82, 2.24) is 30.1 Å². The Morgan fingerprint density at radius 2 is 1.80 bits per heavy atom. The van der Waals surface area contributed by atoms with E-state index in [9.17, 15) is 4.79 Å². The molecule has 0 spiro atoms. The third-order valence-corrected chi connectivity index (χ3v) is 7.08. The highest BCUT2D eigenvalue weighted by Gasteiger charge is 2.35. The molecule has 2 aromatic heterocycles. The molecule has 4 aromatic rings. The Morgan fingerprint density at radius 3 is 2.51 bits per heavy atom. The predicted molar refractivity (Wildman–Crippen MR) is 138 cm³/mol. The standard InChI is InChI=1S/C28H34N6O/c1-19-10-11-24-22(16-19)18-23(27(35)29-24)25(26-30-31-32-34(26)28(2,3)4)33-14-12-21(13-15-33)17-20-8-6-5-7-9-20/h5-11,16,18,21,25H,12-15,17H2,1-4H3,(H,29,35)/t25-/m0/s1. The van der Waals surface area contributed by atoms with E-state index in [1.807, 2.05) is 22.9 Å². The molecule has 5 rings (SSSR count). The van der Waals surface area contributed by atoms with Crippen molar-refractivity contribution < 1.29 is 0 Å². The molecule has 1 aliphatic rings. The number of likely N-dealkylation sites (tertiary alicyclic amines) is 1. The Kier molecular flexibility index (Phi) is 6.28. The number of rotatable bonds is 5. The number of aromatic amines is 1. The summed E-state index contributed by atoms with van der Waals surface area (Å²) in [5.74, 6) is 1.35. The molecule has 1 fully saturated rings. The lowest BCUT2D eigenvalue weighted by Crippen LogP contribution is -2.42. The topological polar surface area (TPSA) is 79.7 Å². The summed E-state index contributed by atoms with van der Waals surface area (Å²) in [5.41, 5.74) is 3.71. The maximum absolute atomic E-state index is 13.4. The van der Waals surface area contributed by atoms with E-state index in [1.54, 1.807) is 0 Å². The molecule has 0 unspecified atom stereocenters. The highest BCUT2D eigenvalue weighted by Crippen LogP contribution is 2.33. The van der Waals surface area contributed by atoms with Crippen LogP contribution in [0.4, 0.5) is 0 Å². The van der Waals surface area contributed by atoms with Crippen molar-refractivity contribution in [2.24, 2.45) is 5.92 Å². The average molecular weight is 471 g/mol. The van der Waals surface area contributed by atoms with Crippen LogP contribution in [0.3, 0.4) is 0 Å². The van der Waals surface area contributed by atoms with Gasteiger partial charge in [-0.25, -0.2) is 4.68 Å². The first-order valence-electron chi connectivity index (χ1n) is 12.5. The van der Waals surface area contributed by atoms with Gasteiger partial charge in [0.2, 0.25) is 0 Å². The number of tetrazole rings is 1. The highest BCUT2D eigenvalue weighted by atomic mass is 16.1. The van der Waals surface area contributed by atoms with Crippen LogP contribution < -0.4 is 5.56 Å². The second-order valence-electron chi connectivity index (χ2n) is 10.8. The summed E-state index contributed by atoms with van der Waals surface area (Å²) in [7, 11) is 0. The van der Waals surface area contributed by atoms with Crippen LogP contribution in [0.1, 0.15) is 62.2 Å². The molecule has 35 heavy (non-hydrogen) atoms. The van der Waals surface area contributed by atoms with Crippen molar-refractivity contribution in [3.8, 4) is 0 Å². The number of aromatic nitrogens is 5. The van der Waals surface area contributed by atoms with E-state index in [2.05, 4.69) is 89.5 Å². The van der Waals surface area contributed by atoms with Gasteiger partial charge in [-0.2, -0.15) is 0 Å². The average Bonchev–Trinajstić information content (AvgIpc) is 3.32. The van der Waals surface area contributed by atoms with Crippen LogP contribution in [0.15, 0.2) is 59.4 Å². The maximum atomic E-state index is 13.4. The maximum Gasteiger partial charge on any atom is 0.253 e. The molecule has 7 nitrogen and oxygen atoms in total. The van der Waals surface area contributed by atoms with E-state index < -0.39 is 0 Å². The van der Waals surface area contributed by atoms with Gasteiger partial charge >= 0.3 is 0 Å². The summed E-state index contributed by atoms with van der Waals surface area (Å²) in [4.78, 5) is 18.9. The number of H-pyrrole nitrogens is 1. The third-order valence-electron chi connectivity index (χ3n) is 7.08. The molecule has 7 heteroatoms. The summed E-state index contributed by atoms with van der Waals surface area (Å²) in [6.07, 6.45) is 3.25. The highest BCUT2D eigenvalue weighted by molar-refractivity contribution is 5.79. The Morgan fingerprint density at radius 1 is 1.06 bits per heavy atom. The van der Waals surface area contributed by atoms with Gasteiger partial charge in [-0.15, -0.1) is 5.10 Å². The Hall–Kier alpha value is -3.32. The smallest absolute Gasteiger partial charge is 0.253 e. The fourth-order valence-corrected chi connectivity index (χ4v) is 5.25. The van der Waals surface area contributed by atoms with E-state index >= 15 is 0 Å². The van der Waals surface area contributed by atoms with Crippen LogP contribution in [-0.4, -0.2) is 43.2 Å². The molecule has 3 heterocycles. The third kappa shape index (κ3) is 4.91. The number of hydrogen-bond acceptors (Lipinski definition) is 5. The summed E-state index contributed by atoms with van der Waals surface area (Å²) >= 11 is 0. The zero-order chi connectivity index (χ0) is 24.6. The molecular weight excluding hydrogens is 436 g/mol. The zero-order valence-electron chi connectivity index (χ0n) is 21.0. The molecule has 2 aromatic carbocycles. The van der Waals surface area contributed by atoms with Crippen molar-refractivity contribution >= 4 is 10.9 Å². The molecule has 1 aliphatic heterocycles. The first-order chi connectivity index (χ1) is 16.8. The number of fused-ring (bicyclic) bond motifs is 1. The largest absolute Gasteiger partial charge is 0.322 e. The molecule has 182 valence electrons.